The first-order valence-corrected chi connectivity index (χ1v) is 7.71. The molecule has 2 amide bonds. The van der Waals surface area contributed by atoms with Gasteiger partial charge < -0.3 is 15.1 Å². The molecule has 1 fully saturated rings. The lowest BCUT2D eigenvalue weighted by molar-refractivity contribution is 0.191. The molecule has 120 valence electrons. The van der Waals surface area contributed by atoms with Gasteiger partial charge in [-0.2, -0.15) is 0 Å². The number of nitrogens with zero attached hydrogens (tertiary/aromatic N) is 5. The molecule has 0 aliphatic carbocycles. The van der Waals surface area contributed by atoms with Crippen LogP contribution in [0, 0.1) is 0 Å². The van der Waals surface area contributed by atoms with Crippen LogP contribution in [0.1, 0.15) is 18.7 Å². The van der Waals surface area contributed by atoms with Crippen LogP contribution in [-0.2, 0) is 0 Å². The van der Waals surface area contributed by atoms with Gasteiger partial charge in [0.1, 0.15) is 5.82 Å². The molecule has 3 heterocycles. The fraction of sp³-hybridized carbons (Fsp3) is 0.375. The molecule has 0 unspecified atom stereocenters. The van der Waals surface area contributed by atoms with E-state index in [1.54, 1.807) is 24.8 Å². The molecule has 2 aromatic rings. The molecule has 0 saturated carbocycles. The zero-order valence-electron chi connectivity index (χ0n) is 13.1. The highest BCUT2D eigenvalue weighted by Crippen LogP contribution is 2.13. The van der Waals surface area contributed by atoms with E-state index in [2.05, 4.69) is 25.2 Å². The topological polar surface area (TPSA) is 74.2 Å². The van der Waals surface area contributed by atoms with Crippen molar-refractivity contribution in [1.82, 2.24) is 25.2 Å². The summed E-state index contributed by atoms with van der Waals surface area (Å²) < 4.78 is 0. The van der Waals surface area contributed by atoms with Crippen molar-refractivity contribution in [3.05, 3.63) is 48.7 Å². The molecule has 1 N–H and O–H groups in total. The smallest absolute Gasteiger partial charge is 0.318 e. The molecule has 0 radical (unpaired) electrons. The minimum Gasteiger partial charge on any atom is -0.352 e. The predicted molar refractivity (Wildman–Crippen MR) is 87.0 cm³/mol. The number of anilines is 1. The van der Waals surface area contributed by atoms with Crippen LogP contribution in [0.2, 0.25) is 0 Å². The van der Waals surface area contributed by atoms with Gasteiger partial charge in [-0.05, 0) is 19.1 Å². The first kappa shape index (κ1) is 15.2. The van der Waals surface area contributed by atoms with Gasteiger partial charge in [0, 0.05) is 44.8 Å². The van der Waals surface area contributed by atoms with Crippen molar-refractivity contribution in [2.24, 2.45) is 0 Å². The number of piperazine rings is 1. The van der Waals surface area contributed by atoms with Crippen molar-refractivity contribution in [3.63, 3.8) is 0 Å². The number of nitrogens with one attached hydrogen (secondary N) is 1. The van der Waals surface area contributed by atoms with E-state index in [0.29, 0.717) is 13.1 Å². The summed E-state index contributed by atoms with van der Waals surface area (Å²) in [5.41, 5.74) is 0.860. The summed E-state index contributed by atoms with van der Waals surface area (Å²) in [7, 11) is 0. The second-order valence-electron chi connectivity index (χ2n) is 5.46. The van der Waals surface area contributed by atoms with E-state index in [4.69, 9.17) is 0 Å². The molecule has 23 heavy (non-hydrogen) atoms. The predicted octanol–water partition coefficient (Wildman–Crippen LogP) is 1.46. The highest BCUT2D eigenvalue weighted by Gasteiger charge is 2.23. The van der Waals surface area contributed by atoms with Gasteiger partial charge in [0.2, 0.25) is 0 Å². The average Bonchev–Trinajstić information content (AvgIpc) is 2.63. The monoisotopic (exact) mass is 312 g/mol. The van der Waals surface area contributed by atoms with Crippen LogP contribution < -0.4 is 10.2 Å². The highest BCUT2D eigenvalue weighted by atomic mass is 16.2. The van der Waals surface area contributed by atoms with Crippen LogP contribution in [0.4, 0.5) is 10.6 Å². The molecule has 2 aromatic heterocycles. The number of hydrogen-bond donors (Lipinski definition) is 1. The third-order valence-corrected chi connectivity index (χ3v) is 3.91. The van der Waals surface area contributed by atoms with Crippen LogP contribution in [0.25, 0.3) is 0 Å². The van der Waals surface area contributed by atoms with E-state index in [0.717, 1.165) is 24.6 Å². The number of hydrogen-bond acceptors (Lipinski definition) is 5. The molecule has 1 atom stereocenters. The van der Waals surface area contributed by atoms with Crippen LogP contribution in [0.15, 0.2) is 43.0 Å². The molecule has 1 aliphatic rings. The molecule has 0 bridgehead atoms. The van der Waals surface area contributed by atoms with Gasteiger partial charge in [-0.15, -0.1) is 0 Å². The Morgan fingerprint density at radius 3 is 2.61 bits per heavy atom. The van der Waals surface area contributed by atoms with Gasteiger partial charge in [-0.3, -0.25) is 9.97 Å². The molecule has 1 saturated heterocycles. The van der Waals surface area contributed by atoms with Gasteiger partial charge in [0.15, 0.2) is 0 Å². The standard InChI is InChI=1S/C16H20N6O/c1-13(14-4-2-3-5-18-14)20-16(23)22-10-8-21(9-11-22)15-12-17-6-7-19-15/h2-7,12-13H,8-11H2,1H3,(H,20,23)/t13-/m0/s1. The normalized spacial score (nSPS) is 16.0. The van der Waals surface area contributed by atoms with E-state index in [9.17, 15) is 4.79 Å². The Morgan fingerprint density at radius 1 is 1.13 bits per heavy atom. The first-order valence-electron chi connectivity index (χ1n) is 7.71. The Bertz CT molecular complexity index is 628. The molecule has 1 aliphatic heterocycles. The lowest BCUT2D eigenvalue weighted by atomic mass is 10.2. The van der Waals surface area contributed by atoms with Crippen LogP contribution in [0.3, 0.4) is 0 Å². The van der Waals surface area contributed by atoms with Crippen molar-refractivity contribution in [2.45, 2.75) is 13.0 Å². The summed E-state index contributed by atoms with van der Waals surface area (Å²) in [4.78, 5) is 29.0. The van der Waals surface area contributed by atoms with E-state index in [1.807, 2.05) is 30.0 Å². The maximum Gasteiger partial charge on any atom is 0.318 e. The average molecular weight is 312 g/mol. The molecule has 7 nitrogen and oxygen atoms in total. The Hall–Kier alpha value is -2.70. The second kappa shape index (κ2) is 7.04. The lowest BCUT2D eigenvalue weighted by Gasteiger charge is -2.35. The zero-order valence-corrected chi connectivity index (χ0v) is 13.1. The van der Waals surface area contributed by atoms with Gasteiger partial charge in [-0.1, -0.05) is 6.07 Å². The number of rotatable bonds is 3. The van der Waals surface area contributed by atoms with Crippen LogP contribution in [0.5, 0.6) is 0 Å². The Morgan fingerprint density at radius 2 is 1.96 bits per heavy atom. The molecular weight excluding hydrogens is 292 g/mol. The zero-order chi connectivity index (χ0) is 16.1. The summed E-state index contributed by atoms with van der Waals surface area (Å²) in [6.45, 7) is 4.78. The molecule has 0 spiro atoms. The second-order valence-corrected chi connectivity index (χ2v) is 5.46. The van der Waals surface area contributed by atoms with E-state index in [1.165, 1.54) is 0 Å². The lowest BCUT2D eigenvalue weighted by Crippen LogP contribution is -2.52. The van der Waals surface area contributed by atoms with Crippen molar-refractivity contribution in [3.8, 4) is 0 Å². The molecule has 3 rings (SSSR count). The van der Waals surface area contributed by atoms with E-state index in [-0.39, 0.29) is 12.1 Å². The minimum atomic E-state index is -0.110. The minimum absolute atomic E-state index is 0.0538. The summed E-state index contributed by atoms with van der Waals surface area (Å²) in [6, 6.07) is 5.54. The molecule has 0 aromatic carbocycles. The number of aromatic nitrogens is 3. The summed E-state index contributed by atoms with van der Waals surface area (Å²) in [5.74, 6) is 0.856. The summed E-state index contributed by atoms with van der Waals surface area (Å²) in [6.07, 6.45) is 6.83. The van der Waals surface area contributed by atoms with Crippen LogP contribution in [-0.4, -0.2) is 52.1 Å². The van der Waals surface area contributed by atoms with E-state index >= 15 is 0 Å². The third-order valence-electron chi connectivity index (χ3n) is 3.91. The van der Waals surface area contributed by atoms with Crippen molar-refractivity contribution >= 4 is 11.8 Å². The SMILES string of the molecule is C[C@H](NC(=O)N1CCN(c2cnccn2)CC1)c1ccccn1. The number of carbonyl (C=O) groups excluding carboxylic acids is 1. The Kier molecular flexibility index (Phi) is 4.65. The number of carbonyl (C=O) groups is 1. The Balaban J connectivity index is 1.52. The van der Waals surface area contributed by atoms with E-state index < -0.39 is 0 Å². The largest absolute Gasteiger partial charge is 0.352 e. The van der Waals surface area contributed by atoms with Crippen molar-refractivity contribution in [1.29, 1.82) is 0 Å². The fourth-order valence-corrected chi connectivity index (χ4v) is 2.58. The maximum absolute atomic E-state index is 12.4. The molecular formula is C16H20N6O. The number of amides is 2. The maximum atomic E-state index is 12.4. The van der Waals surface area contributed by atoms with Gasteiger partial charge >= 0.3 is 6.03 Å². The van der Waals surface area contributed by atoms with Crippen molar-refractivity contribution in [2.75, 3.05) is 31.1 Å². The summed E-state index contributed by atoms with van der Waals surface area (Å²) >= 11 is 0. The van der Waals surface area contributed by atoms with Crippen molar-refractivity contribution < 1.29 is 4.79 Å². The quantitative estimate of drug-likeness (QED) is 0.929. The third kappa shape index (κ3) is 3.74. The number of urea groups is 1. The molecule has 7 heteroatoms. The number of pyridine rings is 1. The fourth-order valence-electron chi connectivity index (χ4n) is 2.58. The van der Waals surface area contributed by atoms with Gasteiger partial charge in [0.25, 0.3) is 0 Å². The Labute approximate surface area is 135 Å². The van der Waals surface area contributed by atoms with Crippen LogP contribution >= 0.6 is 0 Å². The summed E-state index contributed by atoms with van der Waals surface area (Å²) in [5, 5.41) is 3.00. The van der Waals surface area contributed by atoms with Gasteiger partial charge in [-0.25, -0.2) is 9.78 Å². The highest BCUT2D eigenvalue weighted by molar-refractivity contribution is 5.75. The van der Waals surface area contributed by atoms with Gasteiger partial charge in [0.05, 0.1) is 17.9 Å². The first-order chi connectivity index (χ1) is 11.2.